The summed E-state index contributed by atoms with van der Waals surface area (Å²) in [6.07, 6.45) is 1.83. The van der Waals surface area contributed by atoms with Crippen molar-refractivity contribution in [1.82, 2.24) is 14.5 Å². The molecule has 1 N–H and O–H groups in total. The summed E-state index contributed by atoms with van der Waals surface area (Å²) in [4.78, 5) is 22.5. The quantitative estimate of drug-likeness (QED) is 0.199. The molecule has 5 aromatic rings. The van der Waals surface area contributed by atoms with Crippen molar-refractivity contribution >= 4 is 17.0 Å². The van der Waals surface area contributed by atoms with E-state index in [1.165, 1.54) is 6.07 Å². The molecule has 0 unspecified atom stereocenters. The zero-order chi connectivity index (χ0) is 33.9. The Bertz CT molecular complexity index is 2100. The van der Waals surface area contributed by atoms with E-state index in [2.05, 4.69) is 4.98 Å². The molecule has 2 aliphatic rings. The van der Waals surface area contributed by atoms with Crippen LogP contribution in [0.5, 0.6) is 17.2 Å². The molecule has 48 heavy (non-hydrogen) atoms. The molecule has 0 fully saturated rings. The average Bonchev–Trinajstić information content (AvgIpc) is 3.39. The number of benzene rings is 2. The van der Waals surface area contributed by atoms with Gasteiger partial charge in [-0.3, -0.25) is 4.98 Å². The number of carboxylic acids is 1. The lowest BCUT2D eigenvalue weighted by atomic mass is 9.86. The van der Waals surface area contributed by atoms with Gasteiger partial charge in [0.2, 0.25) is 0 Å². The fourth-order valence-corrected chi connectivity index (χ4v) is 6.80. The summed E-state index contributed by atoms with van der Waals surface area (Å²) in [6, 6.07) is 13.1. The molecule has 1 atom stereocenters. The van der Waals surface area contributed by atoms with Gasteiger partial charge in [-0.05, 0) is 101 Å². The van der Waals surface area contributed by atoms with Crippen LogP contribution in [0.2, 0.25) is 0 Å². The standard InChI is InChI=1S/C38H38FN3O6/c1-20-24-8-7-13-47-34(24)27(39)18-25(20)33-26-19-29(42(6)36(26)41-21(2)32(33)35(37(43)44)48-38(3,4)5)23-11-12-40-28(16-23)22-9-10-30-31(17-22)46-15-14-45-30/h9-12,16-19,35H,7-8,13-15H2,1-6H3,(H,43,44)/t35-/m0/s1. The van der Waals surface area contributed by atoms with Crippen LogP contribution < -0.4 is 14.2 Å². The smallest absolute Gasteiger partial charge is 0.337 e. The molecule has 3 aromatic heterocycles. The maximum absolute atomic E-state index is 15.8. The summed E-state index contributed by atoms with van der Waals surface area (Å²) in [5, 5.41) is 11.2. The molecule has 0 spiro atoms. The van der Waals surface area contributed by atoms with Crippen molar-refractivity contribution in [2.24, 2.45) is 7.05 Å². The van der Waals surface area contributed by atoms with Gasteiger partial charge in [-0.25, -0.2) is 14.2 Å². The fraction of sp³-hybridized carbons (Fsp3) is 0.342. The van der Waals surface area contributed by atoms with Crippen molar-refractivity contribution in [3.8, 4) is 50.9 Å². The van der Waals surface area contributed by atoms with E-state index in [0.717, 1.165) is 40.1 Å². The third-order valence-corrected chi connectivity index (χ3v) is 8.96. The monoisotopic (exact) mass is 651 g/mol. The maximum Gasteiger partial charge on any atom is 0.337 e. The Morgan fingerprint density at radius 1 is 1.00 bits per heavy atom. The SMILES string of the molecule is Cc1nc2c(cc(-c3ccnc(-c4ccc5c(c4)OCCO5)c3)n2C)c(-c2cc(F)c3c(c2C)CCCO3)c1[C@H](OC(C)(C)C)C(=O)O. The van der Waals surface area contributed by atoms with Crippen LogP contribution in [-0.4, -0.2) is 51.0 Å². The molecule has 0 aliphatic carbocycles. The Balaban J connectivity index is 1.47. The van der Waals surface area contributed by atoms with E-state index in [1.807, 2.05) is 75.7 Å². The van der Waals surface area contributed by atoms with Crippen LogP contribution in [-0.2, 0) is 23.0 Å². The Labute approximate surface area is 278 Å². The molecule has 248 valence electrons. The summed E-state index contributed by atoms with van der Waals surface area (Å²) in [7, 11) is 1.92. The molecular formula is C38H38FN3O6. The first-order chi connectivity index (χ1) is 22.9. The average molecular weight is 652 g/mol. The number of aliphatic carboxylic acids is 1. The predicted octanol–water partition coefficient (Wildman–Crippen LogP) is 7.76. The number of fused-ring (bicyclic) bond motifs is 3. The van der Waals surface area contributed by atoms with Gasteiger partial charge in [0.05, 0.1) is 23.6 Å². The van der Waals surface area contributed by atoms with E-state index in [-0.39, 0.29) is 5.75 Å². The number of halogens is 1. The van der Waals surface area contributed by atoms with Crippen LogP contribution >= 0.6 is 0 Å². The number of hydrogen-bond donors (Lipinski definition) is 1. The minimum Gasteiger partial charge on any atom is -0.490 e. The summed E-state index contributed by atoms with van der Waals surface area (Å²) in [6.45, 7) is 10.6. The molecule has 5 heterocycles. The normalized spacial score (nSPS) is 14.8. The van der Waals surface area contributed by atoms with Gasteiger partial charge in [-0.2, -0.15) is 0 Å². The van der Waals surface area contributed by atoms with Crippen LogP contribution in [0.3, 0.4) is 0 Å². The molecule has 10 heteroatoms. The zero-order valence-electron chi connectivity index (χ0n) is 27.9. The Morgan fingerprint density at radius 2 is 1.77 bits per heavy atom. The van der Waals surface area contributed by atoms with E-state index >= 15 is 4.39 Å². The summed E-state index contributed by atoms with van der Waals surface area (Å²) in [5.74, 6) is 0.0242. The number of pyridine rings is 2. The highest BCUT2D eigenvalue weighted by Crippen LogP contribution is 2.46. The van der Waals surface area contributed by atoms with Crippen molar-refractivity contribution in [2.45, 2.75) is 59.2 Å². The lowest BCUT2D eigenvalue weighted by Gasteiger charge is -2.29. The molecule has 0 saturated heterocycles. The van der Waals surface area contributed by atoms with Crippen LogP contribution in [0.1, 0.15) is 55.7 Å². The first-order valence-electron chi connectivity index (χ1n) is 16.1. The second-order valence-electron chi connectivity index (χ2n) is 13.3. The lowest BCUT2D eigenvalue weighted by molar-refractivity contribution is -0.160. The molecular weight excluding hydrogens is 613 g/mol. The Hall–Kier alpha value is -4.96. The highest BCUT2D eigenvalue weighted by Gasteiger charge is 2.34. The Morgan fingerprint density at radius 3 is 2.52 bits per heavy atom. The maximum atomic E-state index is 15.8. The molecule has 0 radical (unpaired) electrons. The van der Waals surface area contributed by atoms with Crippen LogP contribution in [0.4, 0.5) is 4.39 Å². The van der Waals surface area contributed by atoms with Gasteiger partial charge in [-0.1, -0.05) is 0 Å². The molecule has 7 rings (SSSR count). The van der Waals surface area contributed by atoms with Crippen molar-refractivity contribution in [1.29, 1.82) is 0 Å². The Kier molecular flexibility index (Phi) is 7.86. The minimum atomic E-state index is -1.35. The molecule has 0 saturated carbocycles. The highest BCUT2D eigenvalue weighted by molar-refractivity contribution is 6.01. The molecule has 0 amide bonds. The number of nitrogens with zero attached hydrogens (tertiary/aromatic N) is 3. The van der Waals surface area contributed by atoms with E-state index < -0.39 is 23.5 Å². The van der Waals surface area contributed by atoms with E-state index in [9.17, 15) is 9.90 Å². The van der Waals surface area contributed by atoms with Gasteiger partial charge in [0.15, 0.2) is 29.2 Å². The number of ether oxygens (including phenoxy) is 4. The number of carboxylic acid groups (broad SMARTS) is 1. The van der Waals surface area contributed by atoms with Crippen molar-refractivity contribution in [2.75, 3.05) is 19.8 Å². The summed E-state index contributed by atoms with van der Waals surface area (Å²) in [5.41, 5.74) is 6.88. The van der Waals surface area contributed by atoms with Gasteiger partial charge >= 0.3 is 5.97 Å². The van der Waals surface area contributed by atoms with Crippen molar-refractivity contribution in [3.05, 3.63) is 76.9 Å². The van der Waals surface area contributed by atoms with Crippen molar-refractivity contribution < 1.29 is 33.2 Å². The zero-order valence-corrected chi connectivity index (χ0v) is 27.9. The highest BCUT2D eigenvalue weighted by atomic mass is 19.1. The van der Waals surface area contributed by atoms with E-state index in [4.69, 9.17) is 23.9 Å². The van der Waals surface area contributed by atoms with Crippen LogP contribution in [0.15, 0.2) is 48.7 Å². The van der Waals surface area contributed by atoms with Gasteiger partial charge in [0.1, 0.15) is 18.9 Å². The molecule has 2 aliphatic heterocycles. The first-order valence-corrected chi connectivity index (χ1v) is 16.1. The number of aryl methyl sites for hydroxylation is 2. The van der Waals surface area contributed by atoms with Crippen molar-refractivity contribution in [3.63, 3.8) is 0 Å². The predicted molar refractivity (Wildman–Crippen MR) is 180 cm³/mol. The largest absolute Gasteiger partial charge is 0.490 e. The molecule has 2 aromatic carbocycles. The van der Waals surface area contributed by atoms with E-state index in [0.29, 0.717) is 71.2 Å². The van der Waals surface area contributed by atoms with Gasteiger partial charge < -0.3 is 28.6 Å². The molecule has 9 nitrogen and oxygen atoms in total. The third kappa shape index (κ3) is 5.53. The lowest BCUT2D eigenvalue weighted by Crippen LogP contribution is -2.28. The van der Waals surface area contributed by atoms with Crippen LogP contribution in [0, 0.1) is 19.7 Å². The third-order valence-electron chi connectivity index (χ3n) is 8.96. The fourth-order valence-electron chi connectivity index (χ4n) is 6.80. The van der Waals surface area contributed by atoms with Crippen LogP contribution in [0.25, 0.3) is 44.7 Å². The second kappa shape index (κ2) is 11.9. The van der Waals surface area contributed by atoms with Gasteiger partial charge in [0, 0.05) is 52.1 Å². The molecule has 0 bridgehead atoms. The minimum absolute atomic E-state index is 0.268. The summed E-state index contributed by atoms with van der Waals surface area (Å²) >= 11 is 0. The topological polar surface area (TPSA) is 105 Å². The summed E-state index contributed by atoms with van der Waals surface area (Å²) < 4.78 is 41.2. The number of aromatic nitrogens is 3. The van der Waals surface area contributed by atoms with Gasteiger partial charge in [0.25, 0.3) is 0 Å². The number of rotatable bonds is 6. The number of carbonyl (C=O) groups is 1. The first kappa shape index (κ1) is 31.6. The van der Waals surface area contributed by atoms with Gasteiger partial charge in [-0.15, -0.1) is 0 Å². The number of hydrogen-bond acceptors (Lipinski definition) is 7. The second-order valence-corrected chi connectivity index (χ2v) is 13.3. The van der Waals surface area contributed by atoms with E-state index in [1.54, 1.807) is 13.1 Å².